The van der Waals surface area contributed by atoms with Crippen LogP contribution >= 0.6 is 0 Å². The van der Waals surface area contributed by atoms with Gasteiger partial charge in [-0.1, -0.05) is 6.07 Å². The van der Waals surface area contributed by atoms with Gasteiger partial charge in [-0.3, -0.25) is 4.79 Å². The largest absolute Gasteiger partial charge is 0.490 e. The summed E-state index contributed by atoms with van der Waals surface area (Å²) < 4.78 is 10.8. The molecule has 0 bridgehead atoms. The third-order valence-electron chi connectivity index (χ3n) is 2.19. The minimum atomic E-state index is -1.07. The lowest BCUT2D eigenvalue weighted by molar-refractivity contribution is -0.138. The highest BCUT2D eigenvalue weighted by atomic mass is 16.5. The van der Waals surface area contributed by atoms with Crippen LogP contribution in [0.15, 0.2) is 18.2 Å². The number of ether oxygens (including phenoxy) is 2. The van der Waals surface area contributed by atoms with Gasteiger partial charge in [0.25, 0.3) is 0 Å². The third kappa shape index (κ3) is 3.35. The molecule has 1 aromatic rings. The van der Waals surface area contributed by atoms with Crippen LogP contribution in [0.1, 0.15) is 25.5 Å². The van der Waals surface area contributed by atoms with Crippen molar-refractivity contribution >= 4 is 5.97 Å². The van der Waals surface area contributed by atoms with E-state index in [1.807, 2.05) is 13.8 Å². The van der Waals surface area contributed by atoms with Gasteiger partial charge in [-0.2, -0.15) is 0 Å². The highest BCUT2D eigenvalue weighted by molar-refractivity contribution is 5.75. The van der Waals surface area contributed by atoms with Crippen LogP contribution in [0.4, 0.5) is 0 Å². The summed E-state index contributed by atoms with van der Waals surface area (Å²) in [6, 6.07) is 3.86. The van der Waals surface area contributed by atoms with E-state index in [0.29, 0.717) is 30.3 Å². The maximum Gasteiger partial charge on any atom is 0.325 e. The van der Waals surface area contributed by atoms with E-state index in [4.69, 9.17) is 20.3 Å². The van der Waals surface area contributed by atoms with E-state index in [0.717, 1.165) is 0 Å². The molecule has 1 unspecified atom stereocenters. The van der Waals surface area contributed by atoms with Gasteiger partial charge in [0, 0.05) is 0 Å². The molecule has 94 valence electrons. The minimum Gasteiger partial charge on any atom is -0.490 e. The van der Waals surface area contributed by atoms with E-state index in [9.17, 15) is 4.79 Å². The zero-order valence-electron chi connectivity index (χ0n) is 9.97. The second kappa shape index (κ2) is 6.10. The molecule has 1 aromatic carbocycles. The van der Waals surface area contributed by atoms with Crippen LogP contribution in [0.25, 0.3) is 0 Å². The summed E-state index contributed by atoms with van der Waals surface area (Å²) in [6.07, 6.45) is 0. The number of carboxylic acids is 1. The molecule has 1 rings (SSSR count). The van der Waals surface area contributed by atoms with Gasteiger partial charge >= 0.3 is 5.97 Å². The summed E-state index contributed by atoms with van der Waals surface area (Å²) in [5.74, 6) is 0.0378. The standard InChI is InChI=1S/C12H17NO4/c1-3-16-9-6-5-8(11(13)12(14)15)7-10(9)17-4-2/h5-7,11H,3-4,13H2,1-2H3,(H,14,15). The van der Waals surface area contributed by atoms with Crippen molar-refractivity contribution in [1.29, 1.82) is 0 Å². The molecule has 0 aromatic heterocycles. The number of carbonyl (C=O) groups is 1. The van der Waals surface area contributed by atoms with E-state index in [-0.39, 0.29) is 0 Å². The predicted octanol–water partition coefficient (Wildman–Crippen LogP) is 1.57. The van der Waals surface area contributed by atoms with E-state index in [1.165, 1.54) is 0 Å². The number of hydrogen-bond acceptors (Lipinski definition) is 4. The van der Waals surface area contributed by atoms with Crippen LogP contribution in [-0.4, -0.2) is 24.3 Å². The number of benzene rings is 1. The van der Waals surface area contributed by atoms with Crippen molar-refractivity contribution < 1.29 is 19.4 Å². The first-order valence-electron chi connectivity index (χ1n) is 5.48. The van der Waals surface area contributed by atoms with Crippen LogP contribution in [0.5, 0.6) is 11.5 Å². The molecule has 0 saturated heterocycles. The quantitative estimate of drug-likeness (QED) is 0.787. The molecule has 5 heteroatoms. The van der Waals surface area contributed by atoms with Crippen molar-refractivity contribution in [1.82, 2.24) is 0 Å². The van der Waals surface area contributed by atoms with Gasteiger partial charge in [-0.15, -0.1) is 0 Å². The summed E-state index contributed by atoms with van der Waals surface area (Å²) in [5.41, 5.74) is 6.02. The molecule has 1 atom stereocenters. The van der Waals surface area contributed by atoms with E-state index >= 15 is 0 Å². The zero-order valence-corrected chi connectivity index (χ0v) is 9.97. The van der Waals surface area contributed by atoms with E-state index < -0.39 is 12.0 Å². The van der Waals surface area contributed by atoms with Crippen molar-refractivity contribution in [3.63, 3.8) is 0 Å². The van der Waals surface area contributed by atoms with Gasteiger partial charge in [0.1, 0.15) is 6.04 Å². The maximum absolute atomic E-state index is 10.8. The molecule has 0 aliphatic heterocycles. The Labute approximate surface area is 100 Å². The number of nitrogens with two attached hydrogens (primary N) is 1. The van der Waals surface area contributed by atoms with Crippen molar-refractivity contribution in [3.05, 3.63) is 23.8 Å². The number of rotatable bonds is 6. The Hall–Kier alpha value is -1.75. The maximum atomic E-state index is 10.8. The Kier molecular flexibility index (Phi) is 4.78. The van der Waals surface area contributed by atoms with Crippen LogP contribution in [0.2, 0.25) is 0 Å². The fraction of sp³-hybridized carbons (Fsp3) is 0.417. The van der Waals surface area contributed by atoms with Gasteiger partial charge in [-0.25, -0.2) is 0 Å². The van der Waals surface area contributed by atoms with Crippen molar-refractivity contribution in [2.24, 2.45) is 5.73 Å². The van der Waals surface area contributed by atoms with Crippen molar-refractivity contribution in [2.45, 2.75) is 19.9 Å². The van der Waals surface area contributed by atoms with Crippen LogP contribution in [-0.2, 0) is 4.79 Å². The fourth-order valence-electron chi connectivity index (χ4n) is 1.40. The molecular weight excluding hydrogens is 222 g/mol. The molecule has 3 N–H and O–H groups in total. The number of carboxylic acid groups (broad SMARTS) is 1. The number of aliphatic carboxylic acids is 1. The highest BCUT2D eigenvalue weighted by Crippen LogP contribution is 2.30. The second-order valence-corrected chi connectivity index (χ2v) is 3.39. The Bertz CT molecular complexity index is 392. The molecule has 0 spiro atoms. The predicted molar refractivity (Wildman–Crippen MR) is 63.3 cm³/mol. The Morgan fingerprint density at radius 3 is 2.41 bits per heavy atom. The van der Waals surface area contributed by atoms with Crippen LogP contribution < -0.4 is 15.2 Å². The van der Waals surface area contributed by atoms with Crippen LogP contribution in [0, 0.1) is 0 Å². The highest BCUT2D eigenvalue weighted by Gasteiger charge is 2.16. The molecule has 0 heterocycles. The lowest BCUT2D eigenvalue weighted by Crippen LogP contribution is -2.20. The molecule has 17 heavy (non-hydrogen) atoms. The summed E-state index contributed by atoms with van der Waals surface area (Å²) in [4.78, 5) is 10.8. The average molecular weight is 239 g/mol. The first-order chi connectivity index (χ1) is 8.10. The summed E-state index contributed by atoms with van der Waals surface area (Å²) >= 11 is 0. The van der Waals surface area contributed by atoms with Gasteiger partial charge in [0.05, 0.1) is 13.2 Å². The van der Waals surface area contributed by atoms with Gasteiger partial charge in [0.2, 0.25) is 0 Å². The molecule has 0 aliphatic rings. The van der Waals surface area contributed by atoms with Crippen molar-refractivity contribution in [2.75, 3.05) is 13.2 Å². The summed E-state index contributed by atoms with van der Waals surface area (Å²) in [7, 11) is 0. The van der Waals surface area contributed by atoms with E-state index in [2.05, 4.69) is 0 Å². The second-order valence-electron chi connectivity index (χ2n) is 3.39. The molecule has 0 radical (unpaired) electrons. The summed E-state index contributed by atoms with van der Waals surface area (Å²) in [6.45, 7) is 4.71. The van der Waals surface area contributed by atoms with Gasteiger partial charge < -0.3 is 20.3 Å². The van der Waals surface area contributed by atoms with Gasteiger partial charge in [-0.05, 0) is 31.5 Å². The third-order valence-corrected chi connectivity index (χ3v) is 2.19. The lowest BCUT2D eigenvalue weighted by Gasteiger charge is -2.13. The first-order valence-corrected chi connectivity index (χ1v) is 5.48. The topological polar surface area (TPSA) is 81.8 Å². The molecule has 0 saturated carbocycles. The molecule has 0 fully saturated rings. The minimum absolute atomic E-state index is 0.478. The fourth-order valence-corrected chi connectivity index (χ4v) is 1.40. The van der Waals surface area contributed by atoms with Crippen LogP contribution in [0.3, 0.4) is 0 Å². The average Bonchev–Trinajstić information content (AvgIpc) is 2.31. The SMILES string of the molecule is CCOc1ccc(C(N)C(=O)O)cc1OCC. The smallest absolute Gasteiger partial charge is 0.325 e. The molecule has 0 amide bonds. The molecular formula is C12H17NO4. The number of hydrogen-bond donors (Lipinski definition) is 2. The van der Waals surface area contributed by atoms with Crippen molar-refractivity contribution in [3.8, 4) is 11.5 Å². The summed E-state index contributed by atoms with van der Waals surface area (Å²) in [5, 5.41) is 8.83. The Balaban J connectivity index is 3.04. The molecule has 5 nitrogen and oxygen atoms in total. The Morgan fingerprint density at radius 2 is 1.88 bits per heavy atom. The Morgan fingerprint density at radius 1 is 1.29 bits per heavy atom. The first kappa shape index (κ1) is 13.3. The zero-order chi connectivity index (χ0) is 12.8. The lowest BCUT2D eigenvalue weighted by atomic mass is 10.1. The van der Waals surface area contributed by atoms with Gasteiger partial charge in [0.15, 0.2) is 11.5 Å². The van der Waals surface area contributed by atoms with E-state index in [1.54, 1.807) is 18.2 Å². The normalized spacial score (nSPS) is 11.9. The monoisotopic (exact) mass is 239 g/mol. The molecule has 0 aliphatic carbocycles.